The average molecular weight is 501 g/mol. The van der Waals surface area contributed by atoms with Gasteiger partial charge in [-0.15, -0.1) is 10.2 Å². The Morgan fingerprint density at radius 1 is 1.16 bits per heavy atom. The normalized spacial score (nSPS) is 14.5. The van der Waals surface area contributed by atoms with Crippen molar-refractivity contribution in [2.75, 3.05) is 37.8 Å². The van der Waals surface area contributed by atoms with E-state index in [-0.39, 0.29) is 27.3 Å². The monoisotopic (exact) mass is 500 g/mol. The number of aromatic nitrogens is 2. The molecule has 1 aromatic carbocycles. The third-order valence-electron chi connectivity index (χ3n) is 4.77. The fraction of sp³-hybridized carbons (Fsp3) is 0.474. The van der Waals surface area contributed by atoms with E-state index in [1.54, 1.807) is 4.90 Å². The molecule has 3 rings (SSSR count). The lowest BCUT2D eigenvalue weighted by atomic mass is 10.1. The molecule has 0 spiro atoms. The molecule has 1 aliphatic heterocycles. The van der Waals surface area contributed by atoms with E-state index in [9.17, 15) is 18.0 Å². The van der Waals surface area contributed by atoms with Gasteiger partial charge in [0.05, 0.1) is 30.4 Å². The van der Waals surface area contributed by atoms with Crippen LogP contribution < -0.4 is 9.46 Å². The Morgan fingerprint density at radius 2 is 1.88 bits per heavy atom. The Kier molecular flexibility index (Phi) is 8.32. The lowest BCUT2D eigenvalue weighted by molar-refractivity contribution is -0.137. The van der Waals surface area contributed by atoms with E-state index in [1.165, 1.54) is 32.4 Å². The van der Waals surface area contributed by atoms with Crippen LogP contribution in [0, 0.1) is 0 Å². The van der Waals surface area contributed by atoms with Crippen LogP contribution in [0.2, 0.25) is 0 Å². The molecule has 174 valence electrons. The second kappa shape index (κ2) is 11.0. The number of ether oxygens (including phenoxy) is 2. The van der Waals surface area contributed by atoms with Gasteiger partial charge < -0.3 is 14.4 Å². The Bertz CT molecular complexity index is 1060. The van der Waals surface area contributed by atoms with Crippen molar-refractivity contribution in [3.05, 3.63) is 23.8 Å². The van der Waals surface area contributed by atoms with Gasteiger partial charge in [-0.25, -0.2) is 8.42 Å². The van der Waals surface area contributed by atoms with E-state index in [1.807, 2.05) is 0 Å². The standard InChI is InChI=1S/C19H24N4O6S3/c1-28-15-8-7-13(11-14(15)17(25)23-9-5-3-4-6-10-23)32(26,27)22-18-20-21-19(31-18)30-12-16(24)29-2/h7-8,11H,3-6,9-10,12H2,1-2H3,(H,20,22). The molecule has 0 atom stereocenters. The minimum atomic E-state index is -4.02. The molecule has 1 N–H and O–H groups in total. The number of carbonyl (C=O) groups excluding carboxylic acids is 2. The smallest absolute Gasteiger partial charge is 0.316 e. The van der Waals surface area contributed by atoms with Crippen molar-refractivity contribution in [2.24, 2.45) is 0 Å². The number of likely N-dealkylation sites (tertiary alicyclic amines) is 1. The average Bonchev–Trinajstić information content (AvgIpc) is 3.05. The second-order valence-corrected chi connectivity index (χ2v) is 10.8. The van der Waals surface area contributed by atoms with Gasteiger partial charge in [0.25, 0.3) is 15.9 Å². The molecule has 0 saturated carbocycles. The number of rotatable bonds is 8. The molecule has 1 amide bonds. The number of nitrogens with one attached hydrogen (secondary N) is 1. The van der Waals surface area contributed by atoms with Crippen LogP contribution in [0.25, 0.3) is 0 Å². The van der Waals surface area contributed by atoms with Gasteiger partial charge in [-0.1, -0.05) is 35.9 Å². The molecule has 2 heterocycles. The Morgan fingerprint density at radius 3 is 2.53 bits per heavy atom. The number of amides is 1. The van der Waals surface area contributed by atoms with Gasteiger partial charge in [0, 0.05) is 13.1 Å². The molecule has 1 aliphatic rings. The number of benzene rings is 1. The van der Waals surface area contributed by atoms with Crippen molar-refractivity contribution in [3.8, 4) is 5.75 Å². The maximum absolute atomic E-state index is 13.1. The number of methoxy groups -OCH3 is 2. The number of esters is 1. The number of carbonyl (C=O) groups is 2. The van der Waals surface area contributed by atoms with Gasteiger partial charge in [-0.2, -0.15) is 0 Å². The largest absolute Gasteiger partial charge is 0.496 e. The summed E-state index contributed by atoms with van der Waals surface area (Å²) >= 11 is 2.09. The first kappa shape index (κ1) is 24.3. The molecule has 2 aromatic rings. The lowest BCUT2D eigenvalue weighted by Crippen LogP contribution is -2.32. The molecule has 0 bridgehead atoms. The molecule has 10 nitrogen and oxygen atoms in total. The summed E-state index contributed by atoms with van der Waals surface area (Å²) in [4.78, 5) is 26.0. The molecule has 0 aliphatic carbocycles. The first-order chi connectivity index (χ1) is 15.3. The van der Waals surface area contributed by atoms with Crippen molar-refractivity contribution >= 4 is 50.1 Å². The van der Waals surface area contributed by atoms with Crippen LogP contribution in [-0.2, 0) is 19.6 Å². The van der Waals surface area contributed by atoms with Crippen molar-refractivity contribution in [1.29, 1.82) is 0 Å². The van der Waals surface area contributed by atoms with Crippen LogP contribution in [0.4, 0.5) is 5.13 Å². The topological polar surface area (TPSA) is 128 Å². The highest BCUT2D eigenvalue weighted by atomic mass is 32.2. The van der Waals surface area contributed by atoms with Crippen molar-refractivity contribution in [1.82, 2.24) is 15.1 Å². The fourth-order valence-corrected chi connectivity index (χ4v) is 5.97. The summed E-state index contributed by atoms with van der Waals surface area (Å²) in [6, 6.07) is 4.16. The molecule has 0 radical (unpaired) electrons. The van der Waals surface area contributed by atoms with Crippen molar-refractivity contribution in [3.63, 3.8) is 0 Å². The molecule has 1 fully saturated rings. The molecule has 32 heavy (non-hydrogen) atoms. The van der Waals surface area contributed by atoms with Crippen LogP contribution in [0.5, 0.6) is 5.75 Å². The zero-order valence-electron chi connectivity index (χ0n) is 17.7. The number of sulfonamides is 1. The number of nitrogens with zero attached hydrogens (tertiary/aromatic N) is 3. The van der Waals surface area contributed by atoms with E-state index in [0.717, 1.165) is 48.8 Å². The summed E-state index contributed by atoms with van der Waals surface area (Å²) < 4.78 is 38.5. The van der Waals surface area contributed by atoms with E-state index in [2.05, 4.69) is 19.7 Å². The zero-order valence-corrected chi connectivity index (χ0v) is 20.1. The Labute approximate surface area is 194 Å². The van der Waals surface area contributed by atoms with E-state index < -0.39 is 16.0 Å². The van der Waals surface area contributed by atoms with Gasteiger partial charge in [0.2, 0.25) is 5.13 Å². The molecule has 1 aromatic heterocycles. The molecule has 0 unspecified atom stereocenters. The molecule has 13 heteroatoms. The quantitative estimate of drug-likeness (QED) is 0.430. The number of hydrogen-bond donors (Lipinski definition) is 1. The fourth-order valence-electron chi connectivity index (χ4n) is 3.13. The van der Waals surface area contributed by atoms with Crippen LogP contribution in [0.1, 0.15) is 36.0 Å². The van der Waals surface area contributed by atoms with E-state index >= 15 is 0 Å². The molecular formula is C19H24N4O6S3. The predicted octanol–water partition coefficient (Wildman–Crippen LogP) is 2.63. The minimum absolute atomic E-state index is 0.0400. The number of anilines is 1. The number of hydrogen-bond acceptors (Lipinski definition) is 10. The maximum Gasteiger partial charge on any atom is 0.316 e. The third-order valence-corrected chi connectivity index (χ3v) is 8.19. The highest BCUT2D eigenvalue weighted by Gasteiger charge is 2.25. The first-order valence-corrected chi connectivity index (χ1v) is 13.2. The third kappa shape index (κ3) is 6.11. The van der Waals surface area contributed by atoms with Crippen molar-refractivity contribution in [2.45, 2.75) is 34.9 Å². The molecule has 1 saturated heterocycles. The second-order valence-electron chi connectivity index (χ2n) is 6.91. The van der Waals surface area contributed by atoms with Gasteiger partial charge in [0.1, 0.15) is 5.75 Å². The summed E-state index contributed by atoms with van der Waals surface area (Å²) in [6.07, 6.45) is 3.98. The van der Waals surface area contributed by atoms with Crippen LogP contribution in [-0.4, -0.2) is 68.5 Å². The minimum Gasteiger partial charge on any atom is -0.496 e. The summed E-state index contributed by atoms with van der Waals surface area (Å²) in [7, 11) is -1.30. The summed E-state index contributed by atoms with van der Waals surface area (Å²) in [5.74, 6) is -0.320. The van der Waals surface area contributed by atoms with Gasteiger partial charge in [0.15, 0.2) is 4.34 Å². The molecular weight excluding hydrogens is 476 g/mol. The predicted molar refractivity (Wildman–Crippen MR) is 121 cm³/mol. The Balaban J connectivity index is 1.79. The summed E-state index contributed by atoms with van der Waals surface area (Å²) in [6.45, 7) is 1.27. The number of thioether (sulfide) groups is 1. The first-order valence-electron chi connectivity index (χ1n) is 9.87. The summed E-state index contributed by atoms with van der Waals surface area (Å²) in [5, 5.41) is 7.72. The summed E-state index contributed by atoms with van der Waals surface area (Å²) in [5.41, 5.74) is 0.198. The zero-order chi connectivity index (χ0) is 23.1. The van der Waals surface area contributed by atoms with E-state index in [0.29, 0.717) is 23.2 Å². The van der Waals surface area contributed by atoms with Crippen LogP contribution in [0.15, 0.2) is 27.4 Å². The van der Waals surface area contributed by atoms with E-state index in [4.69, 9.17) is 4.74 Å². The lowest BCUT2D eigenvalue weighted by Gasteiger charge is -2.22. The Hall–Kier alpha value is -2.38. The van der Waals surface area contributed by atoms with Gasteiger partial charge >= 0.3 is 5.97 Å². The van der Waals surface area contributed by atoms with Gasteiger partial charge in [-0.3, -0.25) is 14.3 Å². The highest BCUT2D eigenvalue weighted by Crippen LogP contribution is 2.29. The highest BCUT2D eigenvalue weighted by molar-refractivity contribution is 8.01. The SMILES string of the molecule is COC(=O)CSc1nnc(NS(=O)(=O)c2ccc(OC)c(C(=O)N3CCCCCC3)c2)s1. The van der Waals surface area contributed by atoms with Crippen LogP contribution >= 0.6 is 23.1 Å². The maximum atomic E-state index is 13.1. The van der Waals surface area contributed by atoms with Gasteiger partial charge in [-0.05, 0) is 31.0 Å². The van der Waals surface area contributed by atoms with Crippen molar-refractivity contribution < 1.29 is 27.5 Å². The van der Waals surface area contributed by atoms with Crippen LogP contribution in [0.3, 0.4) is 0 Å².